The molecule has 0 aliphatic carbocycles. The SMILES string of the molecule is C[C@H](N)c1nc(N2CCOCC2)nn1-c1ncccn1.Cl. The molecule has 0 bridgehead atoms. The van der Waals surface area contributed by atoms with Crippen molar-refractivity contribution in [3.63, 3.8) is 0 Å². The molecule has 114 valence electrons. The monoisotopic (exact) mass is 311 g/mol. The third-order valence-electron chi connectivity index (χ3n) is 3.06. The van der Waals surface area contributed by atoms with Gasteiger partial charge in [-0.25, -0.2) is 9.97 Å². The van der Waals surface area contributed by atoms with Crippen molar-refractivity contribution in [1.29, 1.82) is 0 Å². The van der Waals surface area contributed by atoms with E-state index >= 15 is 0 Å². The molecule has 21 heavy (non-hydrogen) atoms. The first-order valence-corrected chi connectivity index (χ1v) is 6.58. The van der Waals surface area contributed by atoms with Crippen LogP contribution in [0.1, 0.15) is 18.8 Å². The Morgan fingerprint density at radius 3 is 2.48 bits per heavy atom. The number of aromatic nitrogens is 5. The van der Waals surface area contributed by atoms with Crippen molar-refractivity contribution >= 4 is 18.4 Å². The van der Waals surface area contributed by atoms with Gasteiger partial charge in [0, 0.05) is 25.5 Å². The third-order valence-corrected chi connectivity index (χ3v) is 3.06. The van der Waals surface area contributed by atoms with Gasteiger partial charge in [0.1, 0.15) is 0 Å². The van der Waals surface area contributed by atoms with Crippen LogP contribution >= 0.6 is 12.4 Å². The van der Waals surface area contributed by atoms with E-state index < -0.39 is 0 Å². The van der Waals surface area contributed by atoms with Crippen LogP contribution in [-0.4, -0.2) is 51.0 Å². The molecule has 2 aromatic rings. The summed E-state index contributed by atoms with van der Waals surface area (Å²) in [5.74, 6) is 1.78. The zero-order chi connectivity index (χ0) is 13.9. The largest absolute Gasteiger partial charge is 0.378 e. The van der Waals surface area contributed by atoms with Crippen molar-refractivity contribution in [1.82, 2.24) is 24.7 Å². The van der Waals surface area contributed by atoms with Crippen molar-refractivity contribution in [3.8, 4) is 5.95 Å². The number of halogens is 1. The highest BCUT2D eigenvalue weighted by Crippen LogP contribution is 2.17. The summed E-state index contributed by atoms with van der Waals surface area (Å²) in [7, 11) is 0. The summed E-state index contributed by atoms with van der Waals surface area (Å²) in [5, 5.41) is 4.50. The van der Waals surface area contributed by atoms with E-state index in [2.05, 4.69) is 25.0 Å². The molecule has 9 heteroatoms. The smallest absolute Gasteiger partial charge is 0.252 e. The molecule has 0 amide bonds. The van der Waals surface area contributed by atoms with Crippen LogP contribution in [-0.2, 0) is 4.74 Å². The number of hydrogen-bond acceptors (Lipinski definition) is 7. The fourth-order valence-electron chi connectivity index (χ4n) is 2.05. The van der Waals surface area contributed by atoms with Gasteiger partial charge in [-0.05, 0) is 13.0 Å². The molecule has 2 N–H and O–H groups in total. The third kappa shape index (κ3) is 3.29. The van der Waals surface area contributed by atoms with Gasteiger partial charge in [-0.2, -0.15) is 9.67 Å². The van der Waals surface area contributed by atoms with E-state index in [9.17, 15) is 0 Å². The molecule has 1 atom stereocenters. The second-order valence-electron chi connectivity index (χ2n) is 4.62. The zero-order valence-corrected chi connectivity index (χ0v) is 12.5. The summed E-state index contributed by atoms with van der Waals surface area (Å²) in [5.41, 5.74) is 5.97. The van der Waals surface area contributed by atoms with E-state index in [4.69, 9.17) is 10.5 Å². The van der Waals surface area contributed by atoms with Crippen LogP contribution in [0.25, 0.3) is 5.95 Å². The summed E-state index contributed by atoms with van der Waals surface area (Å²) in [6, 6.07) is 1.51. The molecule has 3 heterocycles. The molecule has 1 aliphatic heterocycles. The highest BCUT2D eigenvalue weighted by Gasteiger charge is 2.21. The molecule has 3 rings (SSSR count). The van der Waals surface area contributed by atoms with Crippen LogP contribution in [0.2, 0.25) is 0 Å². The summed E-state index contributed by atoms with van der Waals surface area (Å²) in [6.07, 6.45) is 3.34. The summed E-state index contributed by atoms with van der Waals surface area (Å²) >= 11 is 0. The molecule has 0 saturated carbocycles. The van der Waals surface area contributed by atoms with Gasteiger partial charge in [-0.3, -0.25) is 0 Å². The standard InChI is InChI=1S/C12H17N7O.ClH/c1-9(13)10-16-12(18-5-7-20-8-6-18)17-19(10)11-14-3-2-4-15-11;/h2-4,9H,5-8,13H2,1H3;1H/t9-;/m0./s1. The van der Waals surface area contributed by atoms with Crippen LogP contribution in [0, 0.1) is 0 Å². The number of rotatable bonds is 3. The maximum absolute atomic E-state index is 5.97. The summed E-state index contributed by atoms with van der Waals surface area (Å²) in [4.78, 5) is 15.0. The quantitative estimate of drug-likeness (QED) is 0.873. The highest BCUT2D eigenvalue weighted by molar-refractivity contribution is 5.85. The molecule has 1 fully saturated rings. The van der Waals surface area contributed by atoms with Gasteiger partial charge >= 0.3 is 0 Å². The Morgan fingerprint density at radius 2 is 1.86 bits per heavy atom. The normalized spacial score (nSPS) is 16.4. The molecule has 1 saturated heterocycles. The number of nitrogens with zero attached hydrogens (tertiary/aromatic N) is 6. The van der Waals surface area contributed by atoms with E-state index in [1.807, 2.05) is 6.92 Å². The van der Waals surface area contributed by atoms with Gasteiger partial charge in [-0.1, -0.05) is 0 Å². The van der Waals surface area contributed by atoms with Crippen LogP contribution in [0.5, 0.6) is 0 Å². The number of nitrogens with two attached hydrogens (primary N) is 1. The van der Waals surface area contributed by atoms with E-state index in [1.165, 1.54) is 0 Å². The topological polar surface area (TPSA) is 95.0 Å². The van der Waals surface area contributed by atoms with Crippen LogP contribution in [0.3, 0.4) is 0 Å². The zero-order valence-electron chi connectivity index (χ0n) is 11.7. The fourth-order valence-corrected chi connectivity index (χ4v) is 2.05. The Labute approximate surface area is 128 Å². The molecule has 1 aliphatic rings. The second kappa shape index (κ2) is 6.79. The summed E-state index contributed by atoms with van der Waals surface area (Å²) in [6.45, 7) is 4.79. The Morgan fingerprint density at radius 1 is 1.19 bits per heavy atom. The van der Waals surface area contributed by atoms with Gasteiger partial charge < -0.3 is 15.4 Å². The van der Waals surface area contributed by atoms with E-state index in [-0.39, 0.29) is 18.4 Å². The van der Waals surface area contributed by atoms with Crippen molar-refractivity contribution < 1.29 is 4.74 Å². The minimum atomic E-state index is -0.249. The second-order valence-corrected chi connectivity index (χ2v) is 4.62. The number of ether oxygens (including phenoxy) is 1. The van der Waals surface area contributed by atoms with E-state index in [0.29, 0.717) is 30.9 Å². The lowest BCUT2D eigenvalue weighted by Crippen LogP contribution is -2.37. The molecule has 0 spiro atoms. The van der Waals surface area contributed by atoms with Crippen molar-refractivity contribution in [2.75, 3.05) is 31.2 Å². The molecule has 0 unspecified atom stereocenters. The maximum atomic E-state index is 5.97. The Hall–Kier alpha value is -1.77. The van der Waals surface area contributed by atoms with Crippen molar-refractivity contribution in [2.45, 2.75) is 13.0 Å². The number of anilines is 1. The van der Waals surface area contributed by atoms with Crippen LogP contribution in [0.4, 0.5) is 5.95 Å². The lowest BCUT2D eigenvalue weighted by molar-refractivity contribution is 0.122. The Bertz CT molecular complexity index is 568. The van der Waals surface area contributed by atoms with Crippen molar-refractivity contribution in [3.05, 3.63) is 24.3 Å². The molecule has 0 radical (unpaired) electrons. The average molecular weight is 312 g/mol. The van der Waals surface area contributed by atoms with Crippen molar-refractivity contribution in [2.24, 2.45) is 5.73 Å². The minimum absolute atomic E-state index is 0. The predicted molar refractivity (Wildman–Crippen MR) is 79.8 cm³/mol. The van der Waals surface area contributed by atoms with Gasteiger partial charge in [0.25, 0.3) is 5.95 Å². The molecular weight excluding hydrogens is 294 g/mol. The molecular formula is C12H18ClN7O. The molecule has 2 aromatic heterocycles. The van der Waals surface area contributed by atoms with Gasteiger partial charge in [0.15, 0.2) is 5.82 Å². The first-order valence-electron chi connectivity index (χ1n) is 6.58. The van der Waals surface area contributed by atoms with Gasteiger partial charge in [0.2, 0.25) is 5.95 Å². The minimum Gasteiger partial charge on any atom is -0.378 e. The first-order chi connectivity index (χ1) is 9.75. The van der Waals surface area contributed by atoms with Crippen LogP contribution in [0.15, 0.2) is 18.5 Å². The Kier molecular flexibility index (Phi) is 5.05. The number of morpholine rings is 1. The fraction of sp³-hybridized carbons (Fsp3) is 0.500. The molecule has 0 aromatic carbocycles. The van der Waals surface area contributed by atoms with Crippen LogP contribution < -0.4 is 10.6 Å². The summed E-state index contributed by atoms with van der Waals surface area (Å²) < 4.78 is 6.94. The van der Waals surface area contributed by atoms with E-state index in [1.54, 1.807) is 23.1 Å². The van der Waals surface area contributed by atoms with Gasteiger partial charge in [-0.15, -0.1) is 17.5 Å². The lowest BCUT2D eigenvalue weighted by atomic mass is 10.3. The first kappa shape index (κ1) is 15.6. The highest BCUT2D eigenvalue weighted by atomic mass is 35.5. The predicted octanol–water partition coefficient (Wildman–Crippen LogP) is 0.335. The average Bonchev–Trinajstić information content (AvgIpc) is 2.94. The Balaban J connectivity index is 0.00000161. The maximum Gasteiger partial charge on any atom is 0.252 e. The molecule has 8 nitrogen and oxygen atoms in total. The van der Waals surface area contributed by atoms with E-state index in [0.717, 1.165) is 13.1 Å². The number of hydrogen-bond donors (Lipinski definition) is 1. The van der Waals surface area contributed by atoms with Gasteiger partial charge in [0.05, 0.1) is 19.3 Å². The lowest BCUT2D eigenvalue weighted by Gasteiger charge is -2.25.